The van der Waals surface area contributed by atoms with Crippen molar-refractivity contribution in [3.63, 3.8) is 0 Å². The smallest absolute Gasteiger partial charge is 0.382 e. The molecule has 4 aromatic rings. The molecule has 1 saturated heterocycles. The third-order valence-corrected chi connectivity index (χ3v) is 6.82. The van der Waals surface area contributed by atoms with Gasteiger partial charge < -0.3 is 21.3 Å². The zero-order valence-corrected chi connectivity index (χ0v) is 22.2. The molecule has 5 rings (SSSR count). The SMILES string of the molecule is CCc1nc2c(N)ncnc2n1-c1ccc(NC(=O)Nc2cc(CN3CCN(C)CC3)cc(C(F)(F)F)c2)cc1. The number of amides is 2. The van der Waals surface area contributed by atoms with Crippen molar-refractivity contribution in [3.8, 4) is 5.69 Å². The number of aryl methyl sites for hydroxylation is 1. The van der Waals surface area contributed by atoms with E-state index in [-0.39, 0.29) is 11.5 Å². The summed E-state index contributed by atoms with van der Waals surface area (Å²) in [5.74, 6) is 1.03. The van der Waals surface area contributed by atoms with Crippen LogP contribution in [0.25, 0.3) is 16.9 Å². The van der Waals surface area contributed by atoms with Crippen LogP contribution in [-0.2, 0) is 19.1 Å². The second-order valence-corrected chi connectivity index (χ2v) is 9.77. The molecule has 0 saturated carbocycles. The summed E-state index contributed by atoms with van der Waals surface area (Å²) in [5.41, 5.74) is 8.01. The van der Waals surface area contributed by atoms with Crippen LogP contribution in [0, 0.1) is 0 Å². The fourth-order valence-corrected chi connectivity index (χ4v) is 4.73. The van der Waals surface area contributed by atoms with Crippen LogP contribution < -0.4 is 16.4 Å². The Morgan fingerprint density at radius 3 is 2.38 bits per heavy atom. The summed E-state index contributed by atoms with van der Waals surface area (Å²) in [7, 11) is 2.02. The molecule has 4 N–H and O–H groups in total. The van der Waals surface area contributed by atoms with Gasteiger partial charge in [-0.2, -0.15) is 13.2 Å². The molecule has 0 atom stereocenters. The molecule has 10 nitrogen and oxygen atoms in total. The highest BCUT2D eigenvalue weighted by Crippen LogP contribution is 2.32. The third-order valence-electron chi connectivity index (χ3n) is 6.82. The van der Waals surface area contributed by atoms with Gasteiger partial charge in [0, 0.05) is 56.2 Å². The lowest BCUT2D eigenvalue weighted by atomic mass is 10.1. The number of hydrogen-bond acceptors (Lipinski definition) is 7. The second-order valence-electron chi connectivity index (χ2n) is 9.77. The number of halogens is 3. The van der Waals surface area contributed by atoms with Gasteiger partial charge in [-0.25, -0.2) is 19.7 Å². The minimum Gasteiger partial charge on any atom is -0.382 e. The van der Waals surface area contributed by atoms with E-state index in [1.165, 1.54) is 6.33 Å². The number of carbonyl (C=O) groups excluding carboxylic acids is 1. The number of alkyl halides is 3. The number of nitrogens with zero attached hydrogens (tertiary/aromatic N) is 6. The molecule has 3 heterocycles. The monoisotopic (exact) mass is 553 g/mol. The van der Waals surface area contributed by atoms with E-state index < -0.39 is 17.8 Å². The van der Waals surface area contributed by atoms with E-state index in [0.29, 0.717) is 35.4 Å². The molecule has 40 heavy (non-hydrogen) atoms. The highest BCUT2D eigenvalue weighted by molar-refractivity contribution is 6.00. The molecule has 1 aliphatic rings. The summed E-state index contributed by atoms with van der Waals surface area (Å²) in [6.45, 7) is 5.57. The Kier molecular flexibility index (Phi) is 7.59. The summed E-state index contributed by atoms with van der Waals surface area (Å²) in [4.78, 5) is 29.9. The van der Waals surface area contributed by atoms with E-state index in [0.717, 1.165) is 49.8 Å². The number of nitrogens with one attached hydrogen (secondary N) is 2. The minimum absolute atomic E-state index is 0.0721. The fourth-order valence-electron chi connectivity index (χ4n) is 4.73. The van der Waals surface area contributed by atoms with E-state index in [9.17, 15) is 18.0 Å². The Bertz CT molecular complexity index is 1510. The molecule has 0 aliphatic carbocycles. The Morgan fingerprint density at radius 2 is 1.70 bits per heavy atom. The highest BCUT2D eigenvalue weighted by Gasteiger charge is 2.31. The molecule has 0 bridgehead atoms. The quantitative estimate of drug-likeness (QED) is 0.325. The first kappa shape index (κ1) is 27.3. The van der Waals surface area contributed by atoms with Crippen LogP contribution in [0.4, 0.5) is 35.2 Å². The number of aromatic nitrogens is 4. The van der Waals surface area contributed by atoms with Crippen LogP contribution in [0.15, 0.2) is 48.8 Å². The number of benzene rings is 2. The number of likely N-dealkylation sites (N-methyl/N-ethyl adjacent to an activating group) is 1. The zero-order chi connectivity index (χ0) is 28.4. The maximum Gasteiger partial charge on any atom is 0.416 e. The molecular weight excluding hydrogens is 523 g/mol. The Hall–Kier alpha value is -4.23. The van der Waals surface area contributed by atoms with Crippen LogP contribution in [0.2, 0.25) is 0 Å². The fraction of sp³-hybridized carbons (Fsp3) is 0.333. The Balaban J connectivity index is 1.31. The zero-order valence-electron chi connectivity index (χ0n) is 22.2. The average Bonchev–Trinajstić information content (AvgIpc) is 3.30. The van der Waals surface area contributed by atoms with Crippen LogP contribution in [-0.4, -0.2) is 68.6 Å². The van der Waals surface area contributed by atoms with Gasteiger partial charge in [-0.15, -0.1) is 0 Å². The first-order valence-corrected chi connectivity index (χ1v) is 12.9. The van der Waals surface area contributed by atoms with Crippen molar-refractivity contribution in [2.75, 3.05) is 49.6 Å². The first-order chi connectivity index (χ1) is 19.1. The van der Waals surface area contributed by atoms with E-state index in [4.69, 9.17) is 5.73 Å². The summed E-state index contributed by atoms with van der Waals surface area (Å²) in [6.07, 6.45) is -2.53. The normalized spacial score (nSPS) is 14.9. The molecule has 2 aromatic heterocycles. The number of anilines is 3. The summed E-state index contributed by atoms with van der Waals surface area (Å²) < 4.78 is 42.7. The second kappa shape index (κ2) is 11.1. The van der Waals surface area contributed by atoms with Crippen molar-refractivity contribution in [3.05, 3.63) is 65.7 Å². The van der Waals surface area contributed by atoms with Crippen molar-refractivity contribution in [1.29, 1.82) is 0 Å². The predicted molar refractivity (Wildman–Crippen MR) is 147 cm³/mol. The van der Waals surface area contributed by atoms with Gasteiger partial charge >= 0.3 is 12.2 Å². The Morgan fingerprint density at radius 1 is 1.00 bits per heavy atom. The number of nitrogen functional groups attached to an aromatic ring is 1. The molecule has 2 aromatic carbocycles. The number of piperazine rings is 1. The average molecular weight is 554 g/mol. The Labute approximate surface area is 229 Å². The molecule has 2 amide bonds. The van der Waals surface area contributed by atoms with E-state index in [1.54, 1.807) is 30.3 Å². The van der Waals surface area contributed by atoms with E-state index >= 15 is 0 Å². The van der Waals surface area contributed by atoms with Crippen LogP contribution >= 0.6 is 0 Å². The number of nitrogens with two attached hydrogens (primary N) is 1. The lowest BCUT2D eigenvalue weighted by Gasteiger charge is -2.32. The number of urea groups is 1. The highest BCUT2D eigenvalue weighted by atomic mass is 19.4. The third kappa shape index (κ3) is 6.00. The van der Waals surface area contributed by atoms with Gasteiger partial charge in [0.1, 0.15) is 12.2 Å². The summed E-state index contributed by atoms with van der Waals surface area (Å²) in [6, 6.07) is 9.97. The van der Waals surface area contributed by atoms with Gasteiger partial charge in [-0.3, -0.25) is 9.47 Å². The largest absolute Gasteiger partial charge is 0.416 e. The lowest BCUT2D eigenvalue weighted by molar-refractivity contribution is -0.137. The molecule has 210 valence electrons. The number of carbonyl (C=O) groups is 1. The number of fused-ring (bicyclic) bond motifs is 1. The van der Waals surface area contributed by atoms with Crippen molar-refractivity contribution in [2.45, 2.75) is 26.1 Å². The number of rotatable bonds is 6. The van der Waals surface area contributed by atoms with Gasteiger partial charge in [-0.05, 0) is 55.1 Å². The van der Waals surface area contributed by atoms with Crippen molar-refractivity contribution in [1.82, 2.24) is 29.3 Å². The predicted octanol–water partition coefficient (Wildman–Crippen LogP) is 4.37. The molecule has 0 radical (unpaired) electrons. The molecular formula is C27H30F3N9O. The summed E-state index contributed by atoms with van der Waals surface area (Å²) in [5, 5.41) is 5.24. The maximum absolute atomic E-state index is 13.6. The van der Waals surface area contributed by atoms with Gasteiger partial charge in [0.2, 0.25) is 0 Å². The topological polar surface area (TPSA) is 117 Å². The van der Waals surface area contributed by atoms with Gasteiger partial charge in [0.05, 0.1) is 5.56 Å². The van der Waals surface area contributed by atoms with Crippen LogP contribution in [0.1, 0.15) is 23.9 Å². The molecule has 0 spiro atoms. The van der Waals surface area contributed by atoms with Crippen molar-refractivity contribution >= 4 is 34.4 Å². The maximum atomic E-state index is 13.6. The van der Waals surface area contributed by atoms with E-state index in [1.807, 2.05) is 18.5 Å². The van der Waals surface area contributed by atoms with E-state index in [2.05, 4.69) is 35.4 Å². The number of imidazole rings is 1. The van der Waals surface area contributed by atoms with Crippen LogP contribution in [0.5, 0.6) is 0 Å². The molecule has 1 fully saturated rings. The van der Waals surface area contributed by atoms with Gasteiger partial charge in [0.25, 0.3) is 0 Å². The summed E-state index contributed by atoms with van der Waals surface area (Å²) >= 11 is 0. The minimum atomic E-state index is -4.54. The van der Waals surface area contributed by atoms with Gasteiger partial charge in [0.15, 0.2) is 17.0 Å². The standard InChI is InChI=1S/C27H30F3N9O/c1-3-22-36-23-24(31)32-16-33-25(23)39(22)21-6-4-19(5-7-21)34-26(40)35-20-13-17(12-18(14-20)27(28,29)30)15-38-10-8-37(2)9-11-38/h4-7,12-14,16H,3,8-11,15H2,1-2H3,(H2,31,32,33)(H2,34,35,40). The molecule has 0 unspecified atom stereocenters. The van der Waals surface area contributed by atoms with Crippen molar-refractivity contribution < 1.29 is 18.0 Å². The molecule has 1 aliphatic heterocycles. The van der Waals surface area contributed by atoms with Crippen molar-refractivity contribution in [2.24, 2.45) is 0 Å². The molecule has 13 heteroatoms. The van der Waals surface area contributed by atoms with Gasteiger partial charge in [-0.1, -0.05) is 6.92 Å². The lowest BCUT2D eigenvalue weighted by Crippen LogP contribution is -2.43. The number of hydrogen-bond donors (Lipinski definition) is 3. The van der Waals surface area contributed by atoms with Crippen LogP contribution in [0.3, 0.4) is 0 Å². The first-order valence-electron chi connectivity index (χ1n) is 12.9.